The molecule has 2 N–H and O–H groups in total. The Morgan fingerprint density at radius 1 is 1.60 bits per heavy atom. The van der Waals surface area contributed by atoms with Gasteiger partial charge in [-0.1, -0.05) is 0 Å². The number of hydrogen-bond acceptors (Lipinski definition) is 3. The normalized spacial score (nSPS) is 23.8. The lowest BCUT2D eigenvalue weighted by molar-refractivity contribution is 0.0785. The van der Waals surface area contributed by atoms with Gasteiger partial charge < -0.3 is 5.32 Å². The van der Waals surface area contributed by atoms with E-state index in [1.54, 1.807) is 0 Å². The van der Waals surface area contributed by atoms with Crippen LogP contribution in [0.25, 0.3) is 0 Å². The van der Waals surface area contributed by atoms with Crippen molar-refractivity contribution in [1.82, 2.24) is 10.0 Å². The molecule has 0 radical (unpaired) electrons. The molecule has 0 saturated carbocycles. The van der Waals surface area contributed by atoms with Crippen LogP contribution in [-0.2, 0) is 10.0 Å². The Morgan fingerprint density at radius 3 is 2.20 bits per heavy atom. The van der Waals surface area contributed by atoms with Gasteiger partial charge in [0, 0.05) is 13.1 Å². The molecule has 0 spiro atoms. The van der Waals surface area contributed by atoms with E-state index >= 15 is 0 Å². The molecule has 1 rings (SSSR count). The van der Waals surface area contributed by atoms with E-state index < -0.39 is 15.8 Å². The van der Waals surface area contributed by atoms with Gasteiger partial charge in [-0.3, -0.25) is 0 Å². The van der Waals surface area contributed by atoms with Crippen LogP contribution in [0.15, 0.2) is 0 Å². The molecule has 0 amide bonds. The van der Waals surface area contributed by atoms with Crippen molar-refractivity contribution in [3.05, 3.63) is 0 Å². The SMILES string of the molecule is CS(=O)(=O)NC1(F)CNC1. The molecule has 1 heterocycles. The maximum atomic E-state index is 12.8. The smallest absolute Gasteiger partial charge is 0.211 e. The number of rotatable bonds is 2. The molecule has 0 aromatic carbocycles. The summed E-state index contributed by atoms with van der Waals surface area (Å²) in [5.41, 5.74) is 0. The van der Waals surface area contributed by atoms with E-state index in [0.29, 0.717) is 0 Å². The Kier molecular flexibility index (Phi) is 1.69. The number of nitrogens with one attached hydrogen (secondary N) is 2. The third kappa shape index (κ3) is 1.89. The third-order valence-corrected chi connectivity index (χ3v) is 1.92. The zero-order valence-electron chi connectivity index (χ0n) is 5.52. The Bertz CT molecular complexity index is 221. The molecular weight excluding hydrogens is 159 g/mol. The van der Waals surface area contributed by atoms with Crippen LogP contribution in [0.4, 0.5) is 4.39 Å². The van der Waals surface area contributed by atoms with E-state index in [9.17, 15) is 12.8 Å². The summed E-state index contributed by atoms with van der Waals surface area (Å²) in [7, 11) is -3.41. The molecule has 1 saturated heterocycles. The van der Waals surface area contributed by atoms with Gasteiger partial charge in [-0.2, -0.15) is 4.72 Å². The quantitative estimate of drug-likeness (QED) is 0.509. The van der Waals surface area contributed by atoms with Gasteiger partial charge in [0.25, 0.3) is 0 Å². The summed E-state index contributed by atoms with van der Waals surface area (Å²) in [5, 5.41) is 2.62. The van der Waals surface area contributed by atoms with Crippen molar-refractivity contribution in [2.75, 3.05) is 19.3 Å². The standard InChI is InChI=1S/C4H9FN2O2S/c1-10(8,9)7-4(5)2-6-3-4/h6-7H,2-3H2,1H3. The second-order valence-corrected chi connectivity index (χ2v) is 4.19. The fourth-order valence-electron chi connectivity index (χ4n) is 0.749. The summed E-state index contributed by atoms with van der Waals surface area (Å²) in [6.45, 7) is 0.111. The lowest BCUT2D eigenvalue weighted by atomic mass is 10.1. The van der Waals surface area contributed by atoms with E-state index in [2.05, 4.69) is 5.32 Å². The molecule has 0 unspecified atom stereocenters. The summed E-state index contributed by atoms with van der Waals surface area (Å²) >= 11 is 0. The summed E-state index contributed by atoms with van der Waals surface area (Å²) in [6, 6.07) is 0. The Hall–Kier alpha value is -0.200. The van der Waals surface area contributed by atoms with Crippen molar-refractivity contribution in [3.8, 4) is 0 Å². The van der Waals surface area contributed by atoms with Crippen LogP contribution in [0.1, 0.15) is 0 Å². The summed E-state index contributed by atoms with van der Waals surface area (Å²) in [5.74, 6) is -1.74. The zero-order chi connectivity index (χ0) is 7.83. The lowest BCUT2D eigenvalue weighted by Crippen LogP contribution is -2.65. The molecule has 0 aliphatic carbocycles. The predicted octanol–water partition coefficient (Wildman–Crippen LogP) is -1.20. The lowest BCUT2D eigenvalue weighted by Gasteiger charge is -2.34. The number of hydrogen-bond donors (Lipinski definition) is 2. The van der Waals surface area contributed by atoms with E-state index in [4.69, 9.17) is 0 Å². The van der Waals surface area contributed by atoms with Crippen molar-refractivity contribution in [2.24, 2.45) is 0 Å². The summed E-state index contributed by atoms with van der Waals surface area (Å²) < 4.78 is 35.6. The van der Waals surface area contributed by atoms with Crippen molar-refractivity contribution in [3.63, 3.8) is 0 Å². The molecule has 0 aromatic rings. The number of alkyl halides is 1. The molecule has 1 fully saturated rings. The molecular formula is C4H9FN2O2S. The van der Waals surface area contributed by atoms with Gasteiger partial charge in [-0.25, -0.2) is 12.8 Å². The molecule has 0 atom stereocenters. The van der Waals surface area contributed by atoms with E-state index in [1.165, 1.54) is 0 Å². The van der Waals surface area contributed by atoms with Crippen molar-refractivity contribution < 1.29 is 12.8 Å². The first-order valence-corrected chi connectivity index (χ1v) is 4.69. The minimum Gasteiger partial charge on any atom is -0.308 e. The van der Waals surface area contributed by atoms with Crippen LogP contribution in [0, 0.1) is 0 Å². The van der Waals surface area contributed by atoms with Gasteiger partial charge in [-0.15, -0.1) is 0 Å². The van der Waals surface area contributed by atoms with Crippen molar-refractivity contribution in [2.45, 2.75) is 5.79 Å². The van der Waals surface area contributed by atoms with Crippen LogP contribution in [0.2, 0.25) is 0 Å². The van der Waals surface area contributed by atoms with Crippen molar-refractivity contribution in [1.29, 1.82) is 0 Å². The van der Waals surface area contributed by atoms with Gasteiger partial charge in [0.15, 0.2) is 5.79 Å². The van der Waals surface area contributed by atoms with Crippen LogP contribution < -0.4 is 10.0 Å². The predicted molar refractivity (Wildman–Crippen MR) is 34.7 cm³/mol. The molecule has 1 aliphatic rings. The first-order chi connectivity index (χ1) is 4.41. The van der Waals surface area contributed by atoms with Crippen LogP contribution in [0.3, 0.4) is 0 Å². The first-order valence-electron chi connectivity index (χ1n) is 2.80. The highest BCUT2D eigenvalue weighted by Gasteiger charge is 2.39. The Morgan fingerprint density at radius 2 is 2.10 bits per heavy atom. The number of sulfonamides is 1. The highest BCUT2D eigenvalue weighted by molar-refractivity contribution is 7.88. The van der Waals surface area contributed by atoms with Gasteiger partial charge in [0.2, 0.25) is 10.0 Å². The fourth-order valence-corrected chi connectivity index (χ4v) is 1.56. The highest BCUT2D eigenvalue weighted by Crippen LogP contribution is 2.12. The van der Waals surface area contributed by atoms with Crippen LogP contribution in [-0.4, -0.2) is 33.6 Å². The maximum absolute atomic E-state index is 12.8. The largest absolute Gasteiger partial charge is 0.308 e. The van der Waals surface area contributed by atoms with Crippen LogP contribution in [0.5, 0.6) is 0 Å². The molecule has 0 aromatic heterocycles. The molecule has 4 nitrogen and oxygen atoms in total. The molecule has 0 bridgehead atoms. The summed E-state index contributed by atoms with van der Waals surface area (Å²) in [4.78, 5) is 0. The van der Waals surface area contributed by atoms with E-state index in [-0.39, 0.29) is 13.1 Å². The van der Waals surface area contributed by atoms with E-state index in [0.717, 1.165) is 6.26 Å². The molecule has 6 heteroatoms. The van der Waals surface area contributed by atoms with Crippen LogP contribution >= 0.6 is 0 Å². The maximum Gasteiger partial charge on any atom is 0.211 e. The second-order valence-electron chi connectivity index (χ2n) is 2.44. The molecule has 1 aliphatic heterocycles. The second kappa shape index (κ2) is 2.14. The minimum atomic E-state index is -3.41. The van der Waals surface area contributed by atoms with E-state index in [1.807, 2.05) is 4.72 Å². The Balaban J connectivity index is 2.53. The topological polar surface area (TPSA) is 58.2 Å². The fraction of sp³-hybridized carbons (Fsp3) is 1.00. The monoisotopic (exact) mass is 168 g/mol. The third-order valence-electron chi connectivity index (χ3n) is 1.18. The Labute approximate surface area is 58.9 Å². The van der Waals surface area contributed by atoms with Gasteiger partial charge in [0.1, 0.15) is 0 Å². The molecule has 10 heavy (non-hydrogen) atoms. The van der Waals surface area contributed by atoms with Crippen molar-refractivity contribution >= 4 is 10.0 Å². The number of halogens is 1. The highest BCUT2D eigenvalue weighted by atomic mass is 32.2. The molecule has 60 valence electrons. The van der Waals surface area contributed by atoms with Gasteiger partial charge in [0.05, 0.1) is 6.26 Å². The average Bonchev–Trinajstić information content (AvgIpc) is 1.57. The first kappa shape index (κ1) is 7.90. The average molecular weight is 168 g/mol. The zero-order valence-corrected chi connectivity index (χ0v) is 6.33. The summed E-state index contributed by atoms with van der Waals surface area (Å²) in [6.07, 6.45) is 0.937. The van der Waals surface area contributed by atoms with Gasteiger partial charge in [-0.05, 0) is 0 Å². The minimum absolute atomic E-state index is 0.0556. The van der Waals surface area contributed by atoms with Gasteiger partial charge >= 0.3 is 0 Å².